The van der Waals surface area contributed by atoms with E-state index >= 15 is 0 Å². The fourth-order valence-electron chi connectivity index (χ4n) is 2.67. The molecule has 1 aliphatic rings. The maximum Gasteiger partial charge on any atom is 0.496 e. The van der Waals surface area contributed by atoms with Crippen LogP contribution in [0.4, 0.5) is 11.6 Å². The second-order valence-corrected chi connectivity index (χ2v) is 9.81. The Hall–Kier alpha value is -1.88. The molecule has 2 heterocycles. The van der Waals surface area contributed by atoms with Crippen molar-refractivity contribution >= 4 is 34.2 Å². The Labute approximate surface area is 160 Å². The average molecular weight is 392 g/mol. The standard InChI is InChI=1S/C17H25BN4O4S/c1-16(2)17(3,4)26-18(25-16)13-8-7-12(21-15-19-9-10-20-15)11-14(13)27(23,24)22(5)6/h7-11H,1-6H3,(H2,19,20,21). The van der Waals surface area contributed by atoms with Gasteiger partial charge in [0.05, 0.1) is 16.1 Å². The predicted molar refractivity (Wildman–Crippen MR) is 105 cm³/mol. The van der Waals surface area contributed by atoms with E-state index in [0.29, 0.717) is 17.1 Å². The number of hydrogen-bond donors (Lipinski definition) is 2. The predicted octanol–water partition coefficient (Wildman–Crippen LogP) is 1.70. The first-order chi connectivity index (χ1) is 12.4. The highest BCUT2D eigenvalue weighted by atomic mass is 32.2. The van der Waals surface area contributed by atoms with Crippen molar-refractivity contribution in [1.29, 1.82) is 0 Å². The highest BCUT2D eigenvalue weighted by molar-refractivity contribution is 7.89. The summed E-state index contributed by atoms with van der Waals surface area (Å²) in [6.45, 7) is 7.72. The van der Waals surface area contributed by atoms with Crippen LogP contribution < -0.4 is 10.8 Å². The van der Waals surface area contributed by atoms with Crippen LogP contribution in [0.2, 0.25) is 0 Å². The fourth-order valence-corrected chi connectivity index (χ4v) is 3.80. The van der Waals surface area contributed by atoms with Crippen molar-refractivity contribution in [3.8, 4) is 0 Å². The summed E-state index contributed by atoms with van der Waals surface area (Å²) >= 11 is 0. The summed E-state index contributed by atoms with van der Waals surface area (Å²) in [5.74, 6) is 0.520. The summed E-state index contributed by atoms with van der Waals surface area (Å²) in [6, 6.07) is 5.06. The topological polar surface area (TPSA) is 96.6 Å². The smallest absolute Gasteiger partial charge is 0.399 e. The molecule has 0 spiro atoms. The summed E-state index contributed by atoms with van der Waals surface area (Å²) in [7, 11) is -1.51. The molecule has 0 aliphatic carbocycles. The number of rotatable bonds is 5. The van der Waals surface area contributed by atoms with E-state index in [1.165, 1.54) is 18.4 Å². The number of aromatic amines is 1. The van der Waals surface area contributed by atoms with Gasteiger partial charge in [0.15, 0.2) is 0 Å². The minimum absolute atomic E-state index is 0.127. The first kappa shape index (κ1) is 19.9. The van der Waals surface area contributed by atoms with Crippen LogP contribution in [0.5, 0.6) is 0 Å². The summed E-state index contributed by atoms with van der Waals surface area (Å²) in [5.41, 5.74) is -0.0814. The van der Waals surface area contributed by atoms with E-state index in [9.17, 15) is 8.42 Å². The molecule has 27 heavy (non-hydrogen) atoms. The third kappa shape index (κ3) is 3.62. The van der Waals surface area contributed by atoms with Crippen LogP contribution in [-0.4, -0.2) is 55.1 Å². The molecule has 8 nitrogen and oxygen atoms in total. The Morgan fingerprint density at radius 1 is 1.15 bits per heavy atom. The lowest BCUT2D eigenvalue weighted by Crippen LogP contribution is -2.41. The zero-order chi connectivity index (χ0) is 20.0. The second kappa shape index (κ2) is 6.63. The van der Waals surface area contributed by atoms with Gasteiger partial charge in [-0.3, -0.25) is 0 Å². The van der Waals surface area contributed by atoms with Crippen LogP contribution in [0.3, 0.4) is 0 Å². The minimum atomic E-state index is -3.72. The van der Waals surface area contributed by atoms with Gasteiger partial charge in [0.25, 0.3) is 0 Å². The van der Waals surface area contributed by atoms with Crippen molar-refractivity contribution in [3.63, 3.8) is 0 Å². The molecule has 0 bridgehead atoms. The SMILES string of the molecule is CN(C)S(=O)(=O)c1cc(Nc2ncc[nH]2)ccc1B1OC(C)(C)C(C)(C)O1. The minimum Gasteiger partial charge on any atom is -0.399 e. The van der Waals surface area contributed by atoms with Crippen LogP contribution in [0.15, 0.2) is 35.5 Å². The van der Waals surface area contributed by atoms with E-state index in [1.807, 2.05) is 27.7 Å². The molecule has 0 unspecified atom stereocenters. The Balaban J connectivity index is 2.06. The zero-order valence-electron chi connectivity index (χ0n) is 16.4. The number of nitrogens with zero attached hydrogens (tertiary/aromatic N) is 2. The van der Waals surface area contributed by atoms with E-state index in [-0.39, 0.29) is 4.90 Å². The number of aromatic nitrogens is 2. The van der Waals surface area contributed by atoms with Gasteiger partial charge in [-0.05, 0) is 39.8 Å². The number of nitrogens with one attached hydrogen (secondary N) is 2. The molecule has 146 valence electrons. The molecular weight excluding hydrogens is 367 g/mol. The van der Waals surface area contributed by atoms with E-state index in [2.05, 4.69) is 15.3 Å². The lowest BCUT2D eigenvalue weighted by molar-refractivity contribution is 0.00578. The Bertz CT molecular complexity index is 910. The fraction of sp³-hybridized carbons (Fsp3) is 0.471. The molecule has 0 radical (unpaired) electrons. The number of sulfonamides is 1. The van der Waals surface area contributed by atoms with Gasteiger partial charge in [0.1, 0.15) is 0 Å². The molecule has 1 aromatic heterocycles. The Morgan fingerprint density at radius 3 is 2.30 bits per heavy atom. The van der Waals surface area contributed by atoms with Crippen molar-refractivity contribution in [2.45, 2.75) is 43.8 Å². The maximum atomic E-state index is 13.0. The molecular formula is C17H25BN4O4S. The molecule has 0 atom stereocenters. The van der Waals surface area contributed by atoms with Crippen molar-refractivity contribution in [2.75, 3.05) is 19.4 Å². The third-order valence-electron chi connectivity index (χ3n) is 5.04. The zero-order valence-corrected chi connectivity index (χ0v) is 17.2. The highest BCUT2D eigenvalue weighted by Gasteiger charge is 2.52. The van der Waals surface area contributed by atoms with Crippen LogP contribution >= 0.6 is 0 Å². The van der Waals surface area contributed by atoms with E-state index in [1.54, 1.807) is 30.6 Å². The first-order valence-corrected chi connectivity index (χ1v) is 10.1. The molecule has 10 heteroatoms. The van der Waals surface area contributed by atoms with Gasteiger partial charge in [-0.1, -0.05) is 6.07 Å². The Morgan fingerprint density at radius 2 is 1.78 bits per heavy atom. The van der Waals surface area contributed by atoms with Gasteiger partial charge in [-0.25, -0.2) is 17.7 Å². The molecule has 2 aromatic rings. The normalized spacial score (nSPS) is 18.9. The van der Waals surface area contributed by atoms with Crippen molar-refractivity contribution in [3.05, 3.63) is 30.6 Å². The summed E-state index contributed by atoms with van der Waals surface area (Å²) in [4.78, 5) is 7.15. The van der Waals surface area contributed by atoms with E-state index < -0.39 is 28.3 Å². The number of benzene rings is 1. The van der Waals surface area contributed by atoms with E-state index in [4.69, 9.17) is 9.31 Å². The first-order valence-electron chi connectivity index (χ1n) is 8.62. The van der Waals surface area contributed by atoms with Gasteiger partial charge >= 0.3 is 7.12 Å². The molecule has 1 aliphatic heterocycles. The van der Waals surface area contributed by atoms with Crippen LogP contribution in [0.25, 0.3) is 0 Å². The van der Waals surface area contributed by atoms with Crippen molar-refractivity contribution in [2.24, 2.45) is 0 Å². The lowest BCUT2D eigenvalue weighted by Gasteiger charge is -2.32. The van der Waals surface area contributed by atoms with Crippen LogP contribution in [-0.2, 0) is 19.3 Å². The van der Waals surface area contributed by atoms with Gasteiger partial charge < -0.3 is 19.6 Å². The van der Waals surface area contributed by atoms with Crippen LogP contribution in [0.1, 0.15) is 27.7 Å². The molecule has 1 aromatic carbocycles. The molecule has 3 rings (SSSR count). The van der Waals surface area contributed by atoms with Crippen molar-refractivity contribution in [1.82, 2.24) is 14.3 Å². The van der Waals surface area contributed by atoms with Gasteiger partial charge in [-0.2, -0.15) is 0 Å². The monoisotopic (exact) mass is 392 g/mol. The number of H-pyrrole nitrogens is 1. The van der Waals surface area contributed by atoms with Crippen molar-refractivity contribution < 1.29 is 17.7 Å². The second-order valence-electron chi connectivity index (χ2n) is 7.69. The highest BCUT2D eigenvalue weighted by Crippen LogP contribution is 2.37. The third-order valence-corrected chi connectivity index (χ3v) is 6.91. The molecule has 1 fully saturated rings. The molecule has 2 N–H and O–H groups in total. The summed E-state index contributed by atoms with van der Waals surface area (Å²) in [5, 5.41) is 3.05. The number of imidazole rings is 1. The average Bonchev–Trinajstić information content (AvgIpc) is 3.13. The van der Waals surface area contributed by atoms with Gasteiger partial charge in [0, 0.05) is 37.6 Å². The number of hydrogen-bond acceptors (Lipinski definition) is 6. The van der Waals surface area contributed by atoms with E-state index in [0.717, 1.165) is 0 Å². The lowest BCUT2D eigenvalue weighted by atomic mass is 9.79. The summed E-state index contributed by atoms with van der Waals surface area (Å²) < 4.78 is 39.2. The van der Waals surface area contributed by atoms with Gasteiger partial charge in [0.2, 0.25) is 16.0 Å². The molecule has 0 saturated carbocycles. The largest absolute Gasteiger partial charge is 0.496 e. The van der Waals surface area contributed by atoms with Crippen LogP contribution in [0, 0.1) is 0 Å². The van der Waals surface area contributed by atoms with Gasteiger partial charge in [-0.15, -0.1) is 0 Å². The maximum absolute atomic E-state index is 13.0. The number of anilines is 2. The molecule has 1 saturated heterocycles. The molecule has 0 amide bonds. The quantitative estimate of drug-likeness (QED) is 0.752. The summed E-state index contributed by atoms with van der Waals surface area (Å²) in [6.07, 6.45) is 3.29. The Kier molecular flexibility index (Phi) is 4.88.